The molecule has 8 nitrogen and oxygen atoms in total. The van der Waals surface area contributed by atoms with Crippen LogP contribution in [0.1, 0.15) is 16.7 Å². The maximum atomic E-state index is 13.7. The lowest BCUT2D eigenvalue weighted by molar-refractivity contribution is -0.143. The van der Waals surface area contributed by atoms with E-state index in [1.807, 2.05) is 55.6 Å². The molecule has 3 aliphatic rings. The lowest BCUT2D eigenvalue weighted by atomic mass is 9.76. The van der Waals surface area contributed by atoms with E-state index in [1.54, 1.807) is 0 Å². The SMILES string of the molecule is COCCN1C(=O)[C@H]2[C@@H](C1=O)[C@@]1(N[C@@H]2Cc2c[nH]c3ccccc23)C(=O)Nc2c(C)cccc21. The van der Waals surface area contributed by atoms with Crippen LogP contribution in [0.4, 0.5) is 5.69 Å². The van der Waals surface area contributed by atoms with E-state index in [-0.39, 0.29) is 36.9 Å². The van der Waals surface area contributed by atoms with E-state index in [9.17, 15) is 14.4 Å². The largest absolute Gasteiger partial charge is 0.383 e. The monoisotopic (exact) mass is 458 g/mol. The summed E-state index contributed by atoms with van der Waals surface area (Å²) in [6.45, 7) is 2.37. The van der Waals surface area contributed by atoms with Crippen LogP contribution in [-0.4, -0.2) is 53.9 Å². The van der Waals surface area contributed by atoms with Gasteiger partial charge in [-0.3, -0.25) is 24.6 Å². The summed E-state index contributed by atoms with van der Waals surface area (Å²) in [5.74, 6) is -2.28. The third-order valence-electron chi connectivity index (χ3n) is 7.68. The Hall–Kier alpha value is -3.49. The molecule has 2 aromatic carbocycles. The van der Waals surface area contributed by atoms with Gasteiger partial charge in [0.05, 0.1) is 25.0 Å². The Morgan fingerprint density at radius 2 is 1.88 bits per heavy atom. The van der Waals surface area contributed by atoms with Gasteiger partial charge in [-0.25, -0.2) is 0 Å². The van der Waals surface area contributed by atoms with Crippen LogP contribution in [0.2, 0.25) is 0 Å². The standard InChI is InChI=1S/C26H26N4O4/c1-14-6-5-8-17-22(14)28-25(33)26(17)21-20(23(31)30(24(21)32)10-11-34-2)19(29-26)12-15-13-27-18-9-4-3-7-16(15)18/h3-9,13,19-21,27,29H,10-12H2,1-2H3,(H,28,33)/t19-,20-,21+,26-/m1/s1. The average molecular weight is 459 g/mol. The number of likely N-dealkylation sites (tertiary alicyclic amines) is 1. The first-order chi connectivity index (χ1) is 16.5. The first-order valence-electron chi connectivity index (χ1n) is 11.6. The first-order valence-corrected chi connectivity index (χ1v) is 11.6. The lowest BCUT2D eigenvalue weighted by Crippen LogP contribution is -2.53. The molecule has 2 fully saturated rings. The number of methoxy groups -OCH3 is 1. The van der Waals surface area contributed by atoms with Crippen molar-refractivity contribution in [2.45, 2.75) is 24.9 Å². The molecule has 0 bridgehead atoms. The molecule has 2 saturated heterocycles. The number of nitrogens with zero attached hydrogens (tertiary/aromatic N) is 1. The molecule has 1 aromatic heterocycles. The number of fused-ring (bicyclic) bond motifs is 5. The Morgan fingerprint density at radius 1 is 1.06 bits per heavy atom. The van der Waals surface area contributed by atoms with Crippen LogP contribution in [0.15, 0.2) is 48.7 Å². The summed E-state index contributed by atoms with van der Waals surface area (Å²) < 4.78 is 5.15. The molecular formula is C26H26N4O4. The second kappa shape index (κ2) is 7.51. The van der Waals surface area contributed by atoms with E-state index in [0.717, 1.165) is 33.3 Å². The van der Waals surface area contributed by atoms with Gasteiger partial charge in [0.1, 0.15) is 5.54 Å². The van der Waals surface area contributed by atoms with Gasteiger partial charge < -0.3 is 15.0 Å². The summed E-state index contributed by atoms with van der Waals surface area (Å²) in [6.07, 6.45) is 2.46. The van der Waals surface area contributed by atoms with Crippen molar-refractivity contribution in [2.24, 2.45) is 11.8 Å². The van der Waals surface area contributed by atoms with Gasteiger partial charge in [0.2, 0.25) is 17.7 Å². The minimum Gasteiger partial charge on any atom is -0.383 e. The maximum Gasteiger partial charge on any atom is 0.250 e. The second-order valence-electron chi connectivity index (χ2n) is 9.40. The fourth-order valence-corrected chi connectivity index (χ4v) is 6.15. The number of imide groups is 1. The predicted molar refractivity (Wildman–Crippen MR) is 126 cm³/mol. The minimum absolute atomic E-state index is 0.180. The van der Waals surface area contributed by atoms with E-state index in [4.69, 9.17) is 4.74 Å². The molecule has 1 spiro atoms. The summed E-state index contributed by atoms with van der Waals surface area (Å²) in [5, 5.41) is 7.59. The summed E-state index contributed by atoms with van der Waals surface area (Å²) in [4.78, 5) is 45.5. The molecule has 0 aliphatic carbocycles. The van der Waals surface area contributed by atoms with Gasteiger partial charge in [0.15, 0.2) is 0 Å². The summed E-state index contributed by atoms with van der Waals surface area (Å²) >= 11 is 0. The van der Waals surface area contributed by atoms with Crippen LogP contribution >= 0.6 is 0 Å². The van der Waals surface area contributed by atoms with Crippen molar-refractivity contribution < 1.29 is 19.1 Å². The quantitative estimate of drug-likeness (QED) is 0.508. The van der Waals surface area contributed by atoms with Crippen LogP contribution in [0.25, 0.3) is 10.9 Å². The predicted octanol–water partition coefficient (Wildman–Crippen LogP) is 2.09. The average Bonchev–Trinajstić information content (AvgIpc) is 3.54. The summed E-state index contributed by atoms with van der Waals surface area (Å²) in [6, 6.07) is 13.3. The van der Waals surface area contributed by atoms with Crippen molar-refractivity contribution in [3.05, 3.63) is 65.4 Å². The Morgan fingerprint density at radius 3 is 2.71 bits per heavy atom. The summed E-state index contributed by atoms with van der Waals surface area (Å²) in [5.41, 5.74) is 3.16. The first kappa shape index (κ1) is 21.1. The molecule has 4 atom stereocenters. The van der Waals surface area contributed by atoms with Crippen molar-refractivity contribution in [1.82, 2.24) is 15.2 Å². The number of benzene rings is 2. The number of ether oxygens (including phenoxy) is 1. The van der Waals surface area contributed by atoms with Crippen LogP contribution in [0.5, 0.6) is 0 Å². The molecule has 8 heteroatoms. The van der Waals surface area contributed by atoms with Crippen molar-refractivity contribution in [3.63, 3.8) is 0 Å². The molecule has 3 N–H and O–H groups in total. The number of aryl methyl sites for hydroxylation is 1. The zero-order chi connectivity index (χ0) is 23.6. The van der Waals surface area contributed by atoms with Gasteiger partial charge in [0.25, 0.3) is 0 Å². The maximum absolute atomic E-state index is 13.7. The van der Waals surface area contributed by atoms with E-state index in [1.165, 1.54) is 12.0 Å². The van der Waals surface area contributed by atoms with Crippen molar-refractivity contribution in [1.29, 1.82) is 0 Å². The fourth-order valence-electron chi connectivity index (χ4n) is 6.15. The van der Waals surface area contributed by atoms with Crippen LogP contribution in [-0.2, 0) is 31.1 Å². The highest BCUT2D eigenvalue weighted by atomic mass is 16.5. The second-order valence-corrected chi connectivity index (χ2v) is 9.40. The number of rotatable bonds is 5. The van der Waals surface area contributed by atoms with Gasteiger partial charge in [-0.1, -0.05) is 36.4 Å². The molecule has 3 aromatic rings. The molecule has 0 saturated carbocycles. The summed E-state index contributed by atoms with van der Waals surface area (Å²) in [7, 11) is 1.54. The molecular weight excluding hydrogens is 432 g/mol. The van der Waals surface area contributed by atoms with Gasteiger partial charge in [-0.2, -0.15) is 0 Å². The molecule has 174 valence electrons. The van der Waals surface area contributed by atoms with Crippen molar-refractivity contribution >= 4 is 34.3 Å². The number of nitrogens with one attached hydrogen (secondary N) is 3. The van der Waals surface area contributed by atoms with Gasteiger partial charge in [-0.15, -0.1) is 0 Å². The Bertz CT molecular complexity index is 1350. The van der Waals surface area contributed by atoms with E-state index in [2.05, 4.69) is 15.6 Å². The Labute approximate surface area is 196 Å². The molecule has 3 amide bonds. The van der Waals surface area contributed by atoms with Crippen LogP contribution in [0.3, 0.4) is 0 Å². The third-order valence-corrected chi connectivity index (χ3v) is 7.68. The number of aromatic amines is 1. The van der Waals surface area contributed by atoms with Crippen LogP contribution < -0.4 is 10.6 Å². The number of carbonyl (C=O) groups is 3. The molecule has 6 rings (SSSR count). The smallest absolute Gasteiger partial charge is 0.250 e. The Balaban J connectivity index is 1.47. The van der Waals surface area contributed by atoms with Crippen molar-refractivity contribution in [2.75, 3.05) is 25.6 Å². The van der Waals surface area contributed by atoms with Crippen molar-refractivity contribution in [3.8, 4) is 0 Å². The van der Waals surface area contributed by atoms with Crippen LogP contribution in [0, 0.1) is 18.8 Å². The van der Waals surface area contributed by atoms with Gasteiger partial charge >= 0.3 is 0 Å². The number of hydrogen-bond donors (Lipinski definition) is 3. The normalized spacial score (nSPS) is 27.6. The number of para-hydroxylation sites is 2. The fraction of sp³-hybridized carbons (Fsp3) is 0.346. The molecule has 4 heterocycles. The number of H-pyrrole nitrogens is 1. The molecule has 0 radical (unpaired) electrons. The number of amides is 3. The minimum atomic E-state index is -1.28. The van der Waals surface area contributed by atoms with Gasteiger partial charge in [-0.05, 0) is 30.5 Å². The number of hydrogen-bond acceptors (Lipinski definition) is 5. The molecule has 34 heavy (non-hydrogen) atoms. The lowest BCUT2D eigenvalue weighted by Gasteiger charge is -2.29. The zero-order valence-electron chi connectivity index (χ0n) is 19.1. The highest BCUT2D eigenvalue weighted by molar-refractivity contribution is 6.15. The van der Waals surface area contributed by atoms with E-state index in [0.29, 0.717) is 6.42 Å². The highest BCUT2D eigenvalue weighted by Gasteiger charge is 2.70. The zero-order valence-corrected chi connectivity index (χ0v) is 19.1. The number of carbonyl (C=O) groups excluding carboxylic acids is 3. The highest BCUT2D eigenvalue weighted by Crippen LogP contribution is 2.53. The molecule has 0 unspecified atom stereocenters. The van der Waals surface area contributed by atoms with E-state index < -0.39 is 17.4 Å². The number of aromatic nitrogens is 1. The molecule has 3 aliphatic heterocycles. The Kier molecular flexibility index (Phi) is 4.65. The van der Waals surface area contributed by atoms with E-state index >= 15 is 0 Å². The third kappa shape index (κ3) is 2.69. The van der Waals surface area contributed by atoms with Gasteiger partial charge in [0, 0.05) is 41.5 Å². The number of anilines is 1. The topological polar surface area (TPSA) is 104 Å².